The van der Waals surface area contributed by atoms with Crippen molar-refractivity contribution in [3.63, 3.8) is 0 Å². The number of aromatic nitrogens is 1. The molecule has 0 radical (unpaired) electrons. The quantitative estimate of drug-likeness (QED) is 0.576. The van der Waals surface area contributed by atoms with E-state index in [1.165, 1.54) is 0 Å². The first-order valence-corrected chi connectivity index (χ1v) is 10.3. The van der Waals surface area contributed by atoms with E-state index in [-0.39, 0.29) is 11.9 Å². The van der Waals surface area contributed by atoms with Crippen LogP contribution in [0.25, 0.3) is 11.5 Å². The molecular formula is C22H21Cl2N3O2. The fraction of sp³-hybridized carbons (Fsp3) is 0.273. The number of aryl methyl sites for hydroxylation is 1. The Hall–Kier alpha value is -2.34. The molecule has 3 aromatic rings. The number of nitrogens with one attached hydrogen (secondary N) is 1. The average Bonchev–Trinajstić information content (AvgIpc) is 3.32. The molecule has 1 amide bonds. The first kappa shape index (κ1) is 20.0. The van der Waals surface area contributed by atoms with Gasteiger partial charge in [0.1, 0.15) is 5.76 Å². The molecule has 1 aromatic heterocycles. The number of hydrogen-bond donors (Lipinski definition) is 1. The maximum Gasteiger partial charge on any atom is 0.241 e. The van der Waals surface area contributed by atoms with E-state index in [2.05, 4.69) is 15.2 Å². The SMILES string of the molecule is Cc1oc(-c2ccccc2)nc1CN1CCCC1C(=O)Nc1ccc(Cl)cc1Cl. The van der Waals surface area contributed by atoms with Gasteiger partial charge >= 0.3 is 0 Å². The third-order valence-electron chi connectivity index (χ3n) is 5.12. The van der Waals surface area contributed by atoms with Gasteiger partial charge in [-0.15, -0.1) is 0 Å². The molecule has 4 rings (SSSR count). The van der Waals surface area contributed by atoms with Gasteiger partial charge in [0, 0.05) is 17.1 Å². The normalized spacial score (nSPS) is 16.9. The van der Waals surface area contributed by atoms with Crippen LogP contribution in [0.15, 0.2) is 52.9 Å². The Morgan fingerprint density at radius 3 is 2.79 bits per heavy atom. The molecule has 5 nitrogen and oxygen atoms in total. The van der Waals surface area contributed by atoms with E-state index < -0.39 is 0 Å². The number of oxazole rings is 1. The van der Waals surface area contributed by atoms with Crippen molar-refractivity contribution >= 4 is 34.8 Å². The maximum atomic E-state index is 12.9. The third kappa shape index (κ3) is 4.47. The molecule has 150 valence electrons. The molecule has 1 saturated heterocycles. The highest BCUT2D eigenvalue weighted by Crippen LogP contribution is 2.28. The molecule has 0 aliphatic carbocycles. The van der Waals surface area contributed by atoms with Crippen LogP contribution in [0.3, 0.4) is 0 Å². The van der Waals surface area contributed by atoms with E-state index >= 15 is 0 Å². The highest BCUT2D eigenvalue weighted by Gasteiger charge is 2.32. The zero-order chi connectivity index (χ0) is 20.4. The summed E-state index contributed by atoms with van der Waals surface area (Å²) >= 11 is 12.1. The second-order valence-corrected chi connectivity index (χ2v) is 7.97. The van der Waals surface area contributed by atoms with Gasteiger partial charge in [0.2, 0.25) is 11.8 Å². The molecule has 7 heteroatoms. The number of amides is 1. The van der Waals surface area contributed by atoms with Crippen molar-refractivity contribution in [3.8, 4) is 11.5 Å². The molecule has 1 fully saturated rings. The highest BCUT2D eigenvalue weighted by molar-refractivity contribution is 6.36. The number of likely N-dealkylation sites (tertiary alicyclic amines) is 1. The zero-order valence-electron chi connectivity index (χ0n) is 16.0. The molecule has 0 saturated carbocycles. The van der Waals surface area contributed by atoms with E-state index in [4.69, 9.17) is 27.6 Å². The highest BCUT2D eigenvalue weighted by atomic mass is 35.5. The minimum Gasteiger partial charge on any atom is -0.441 e. The van der Waals surface area contributed by atoms with Crippen LogP contribution in [0.5, 0.6) is 0 Å². The number of rotatable bonds is 5. The van der Waals surface area contributed by atoms with E-state index in [9.17, 15) is 4.79 Å². The van der Waals surface area contributed by atoms with Crippen molar-refractivity contribution in [2.75, 3.05) is 11.9 Å². The lowest BCUT2D eigenvalue weighted by Crippen LogP contribution is -2.39. The van der Waals surface area contributed by atoms with Crippen molar-refractivity contribution in [1.82, 2.24) is 9.88 Å². The molecule has 2 aromatic carbocycles. The summed E-state index contributed by atoms with van der Waals surface area (Å²) in [6.45, 7) is 3.31. The minimum absolute atomic E-state index is 0.0730. The number of hydrogen-bond acceptors (Lipinski definition) is 4. The van der Waals surface area contributed by atoms with Crippen LogP contribution in [0.4, 0.5) is 5.69 Å². The van der Waals surface area contributed by atoms with Gasteiger partial charge < -0.3 is 9.73 Å². The maximum absolute atomic E-state index is 12.9. The predicted octanol–water partition coefficient (Wildman–Crippen LogP) is 5.56. The van der Waals surface area contributed by atoms with Gasteiger partial charge in [-0.05, 0) is 56.6 Å². The molecular weight excluding hydrogens is 409 g/mol. The molecule has 1 atom stereocenters. The van der Waals surface area contributed by atoms with Crippen LogP contribution < -0.4 is 5.32 Å². The van der Waals surface area contributed by atoms with E-state index in [0.29, 0.717) is 28.2 Å². The first-order chi connectivity index (χ1) is 14.0. The Morgan fingerprint density at radius 1 is 1.24 bits per heavy atom. The van der Waals surface area contributed by atoms with Gasteiger partial charge in [-0.2, -0.15) is 0 Å². The predicted molar refractivity (Wildman–Crippen MR) is 115 cm³/mol. The van der Waals surface area contributed by atoms with Crippen LogP contribution in [0.2, 0.25) is 10.0 Å². The minimum atomic E-state index is -0.238. The number of anilines is 1. The summed E-state index contributed by atoms with van der Waals surface area (Å²) in [5, 5.41) is 3.89. The van der Waals surface area contributed by atoms with E-state index in [0.717, 1.165) is 36.4 Å². The van der Waals surface area contributed by atoms with E-state index in [1.807, 2.05) is 37.3 Å². The summed E-state index contributed by atoms with van der Waals surface area (Å²) in [4.78, 5) is 19.7. The lowest BCUT2D eigenvalue weighted by molar-refractivity contribution is -0.120. The fourth-order valence-electron chi connectivity index (χ4n) is 3.59. The summed E-state index contributed by atoms with van der Waals surface area (Å²) in [6, 6.07) is 14.6. The van der Waals surface area contributed by atoms with Gasteiger partial charge in [0.15, 0.2) is 0 Å². The Kier molecular flexibility index (Phi) is 5.90. The largest absolute Gasteiger partial charge is 0.441 e. The monoisotopic (exact) mass is 429 g/mol. The molecule has 2 heterocycles. The van der Waals surface area contributed by atoms with Crippen molar-refractivity contribution in [2.45, 2.75) is 32.4 Å². The molecule has 1 N–H and O–H groups in total. The molecule has 1 unspecified atom stereocenters. The van der Waals surface area contributed by atoms with Crippen LogP contribution in [-0.2, 0) is 11.3 Å². The summed E-state index contributed by atoms with van der Waals surface area (Å²) in [5.74, 6) is 1.30. The number of carbonyl (C=O) groups excluding carboxylic acids is 1. The number of nitrogens with zero attached hydrogens (tertiary/aromatic N) is 2. The summed E-state index contributed by atoms with van der Waals surface area (Å²) < 4.78 is 5.86. The first-order valence-electron chi connectivity index (χ1n) is 9.53. The molecule has 0 spiro atoms. The molecule has 1 aliphatic heterocycles. The Bertz CT molecular complexity index is 1020. The Morgan fingerprint density at radius 2 is 2.03 bits per heavy atom. The van der Waals surface area contributed by atoms with Crippen LogP contribution in [0, 0.1) is 6.92 Å². The van der Waals surface area contributed by atoms with Crippen LogP contribution >= 0.6 is 23.2 Å². The van der Waals surface area contributed by atoms with Gasteiger partial charge in [0.05, 0.1) is 22.4 Å². The topological polar surface area (TPSA) is 58.4 Å². The third-order valence-corrected chi connectivity index (χ3v) is 5.67. The Balaban J connectivity index is 1.47. The second kappa shape index (κ2) is 8.57. The molecule has 1 aliphatic rings. The van der Waals surface area contributed by atoms with Crippen molar-refractivity contribution in [2.24, 2.45) is 0 Å². The summed E-state index contributed by atoms with van der Waals surface area (Å²) in [5.41, 5.74) is 2.36. The average molecular weight is 430 g/mol. The molecule has 29 heavy (non-hydrogen) atoms. The van der Waals surface area contributed by atoms with Crippen LogP contribution in [0.1, 0.15) is 24.3 Å². The van der Waals surface area contributed by atoms with E-state index in [1.54, 1.807) is 18.2 Å². The lowest BCUT2D eigenvalue weighted by atomic mass is 10.2. The Labute approximate surface area is 179 Å². The van der Waals surface area contributed by atoms with Crippen molar-refractivity contribution in [1.29, 1.82) is 0 Å². The lowest BCUT2D eigenvalue weighted by Gasteiger charge is -2.23. The fourth-order valence-corrected chi connectivity index (χ4v) is 4.05. The standard InChI is InChI=1S/C22H21Cl2N3O2/c1-14-19(26-22(29-14)15-6-3-2-4-7-15)13-27-11-5-8-20(27)21(28)25-18-10-9-16(23)12-17(18)24/h2-4,6-7,9-10,12,20H,5,8,11,13H2,1H3,(H,25,28). The number of carbonyl (C=O) groups is 1. The summed E-state index contributed by atoms with van der Waals surface area (Å²) in [6.07, 6.45) is 1.74. The smallest absolute Gasteiger partial charge is 0.241 e. The second-order valence-electron chi connectivity index (χ2n) is 7.13. The van der Waals surface area contributed by atoms with Gasteiger partial charge in [-0.3, -0.25) is 9.69 Å². The van der Waals surface area contributed by atoms with Gasteiger partial charge in [-0.25, -0.2) is 4.98 Å². The van der Waals surface area contributed by atoms with Gasteiger partial charge in [0.25, 0.3) is 0 Å². The van der Waals surface area contributed by atoms with Crippen molar-refractivity contribution < 1.29 is 9.21 Å². The number of benzene rings is 2. The van der Waals surface area contributed by atoms with Crippen LogP contribution in [-0.4, -0.2) is 28.4 Å². The molecule has 0 bridgehead atoms. The van der Waals surface area contributed by atoms with Gasteiger partial charge in [-0.1, -0.05) is 41.4 Å². The summed E-state index contributed by atoms with van der Waals surface area (Å²) in [7, 11) is 0. The zero-order valence-corrected chi connectivity index (χ0v) is 17.5. The van der Waals surface area contributed by atoms with Crippen molar-refractivity contribution in [3.05, 3.63) is 70.0 Å². The number of halogens is 2.